The van der Waals surface area contributed by atoms with E-state index in [4.69, 9.17) is 5.11 Å². The first-order chi connectivity index (χ1) is 10.1. The van der Waals surface area contributed by atoms with E-state index in [1.165, 1.54) is 6.42 Å². The van der Waals surface area contributed by atoms with Crippen molar-refractivity contribution in [2.75, 3.05) is 19.7 Å². The van der Waals surface area contributed by atoms with Gasteiger partial charge in [-0.05, 0) is 49.8 Å². The number of amides is 1. The smallest absolute Gasteiger partial charge is 0.255 e. The summed E-state index contributed by atoms with van der Waals surface area (Å²) in [6, 6.07) is 5.71. The number of carbonyl (C=O) groups excluding carboxylic acids is 1. The maximum Gasteiger partial charge on any atom is 0.255 e. The van der Waals surface area contributed by atoms with Crippen LogP contribution in [-0.2, 0) is 0 Å². The zero-order chi connectivity index (χ0) is 15.2. The molecule has 0 aliphatic carbocycles. The van der Waals surface area contributed by atoms with Crippen molar-refractivity contribution in [1.29, 1.82) is 0 Å². The SMILES string of the molecule is Cc1ccc(C(=O)N2CCCC(C)CC2)c(C#CCO)c1. The van der Waals surface area contributed by atoms with Gasteiger partial charge in [0.2, 0.25) is 0 Å². The summed E-state index contributed by atoms with van der Waals surface area (Å²) in [5, 5.41) is 8.87. The van der Waals surface area contributed by atoms with Crippen LogP contribution in [0.4, 0.5) is 0 Å². The molecule has 0 bridgehead atoms. The van der Waals surface area contributed by atoms with Gasteiger partial charge in [0.1, 0.15) is 6.61 Å². The van der Waals surface area contributed by atoms with Crippen molar-refractivity contribution in [2.45, 2.75) is 33.1 Å². The van der Waals surface area contributed by atoms with Crippen molar-refractivity contribution in [2.24, 2.45) is 5.92 Å². The van der Waals surface area contributed by atoms with E-state index in [0.717, 1.165) is 31.5 Å². The Kier molecular flexibility index (Phi) is 5.41. The van der Waals surface area contributed by atoms with Gasteiger partial charge in [0.05, 0.1) is 5.56 Å². The number of likely N-dealkylation sites (tertiary alicyclic amines) is 1. The van der Waals surface area contributed by atoms with Crippen molar-refractivity contribution in [3.8, 4) is 11.8 Å². The van der Waals surface area contributed by atoms with Gasteiger partial charge in [0.25, 0.3) is 5.91 Å². The molecule has 1 aliphatic rings. The molecule has 1 unspecified atom stereocenters. The number of hydrogen-bond acceptors (Lipinski definition) is 2. The van der Waals surface area contributed by atoms with E-state index in [0.29, 0.717) is 17.0 Å². The fourth-order valence-corrected chi connectivity index (χ4v) is 2.72. The average Bonchev–Trinajstić information content (AvgIpc) is 2.69. The molecule has 3 heteroatoms. The number of carbonyl (C=O) groups is 1. The molecular weight excluding hydrogens is 262 g/mol. The molecule has 1 N–H and O–H groups in total. The summed E-state index contributed by atoms with van der Waals surface area (Å²) in [4.78, 5) is 14.7. The first-order valence-electron chi connectivity index (χ1n) is 7.61. The number of aryl methyl sites for hydroxylation is 1. The Labute approximate surface area is 127 Å². The molecule has 2 rings (SSSR count). The molecule has 1 heterocycles. The highest BCUT2D eigenvalue weighted by Crippen LogP contribution is 2.20. The molecule has 21 heavy (non-hydrogen) atoms. The van der Waals surface area contributed by atoms with E-state index in [-0.39, 0.29) is 12.5 Å². The van der Waals surface area contributed by atoms with Gasteiger partial charge in [-0.25, -0.2) is 0 Å². The van der Waals surface area contributed by atoms with E-state index in [2.05, 4.69) is 18.8 Å². The fourth-order valence-electron chi connectivity index (χ4n) is 2.72. The minimum absolute atomic E-state index is 0.0614. The predicted octanol–water partition coefficient (Wildman–Crippen LogP) is 2.60. The molecule has 1 aromatic carbocycles. The molecule has 1 fully saturated rings. The number of hydrogen-bond donors (Lipinski definition) is 1. The first-order valence-corrected chi connectivity index (χ1v) is 7.61. The van der Waals surface area contributed by atoms with Crippen LogP contribution < -0.4 is 0 Å². The summed E-state index contributed by atoms with van der Waals surface area (Å²) in [6.07, 6.45) is 3.32. The lowest BCUT2D eigenvalue weighted by Crippen LogP contribution is -2.32. The van der Waals surface area contributed by atoms with Crippen molar-refractivity contribution >= 4 is 5.91 Å². The lowest BCUT2D eigenvalue weighted by molar-refractivity contribution is 0.0760. The van der Waals surface area contributed by atoms with Gasteiger partial charge in [-0.15, -0.1) is 0 Å². The van der Waals surface area contributed by atoms with Gasteiger partial charge in [0.15, 0.2) is 0 Å². The number of nitrogens with zero attached hydrogens (tertiary/aromatic N) is 1. The van der Waals surface area contributed by atoms with Gasteiger partial charge < -0.3 is 10.0 Å². The van der Waals surface area contributed by atoms with Crippen LogP contribution in [0.3, 0.4) is 0 Å². The fraction of sp³-hybridized carbons (Fsp3) is 0.500. The van der Waals surface area contributed by atoms with Gasteiger partial charge in [-0.2, -0.15) is 0 Å². The topological polar surface area (TPSA) is 40.5 Å². The lowest BCUT2D eigenvalue weighted by atomic mass is 10.0. The number of benzene rings is 1. The number of aliphatic hydroxyl groups excluding tert-OH is 1. The molecule has 0 spiro atoms. The Balaban J connectivity index is 2.25. The third-order valence-electron chi connectivity index (χ3n) is 4.01. The molecule has 1 aliphatic heterocycles. The van der Waals surface area contributed by atoms with Crippen molar-refractivity contribution in [3.63, 3.8) is 0 Å². The van der Waals surface area contributed by atoms with E-state index < -0.39 is 0 Å². The summed E-state index contributed by atoms with van der Waals surface area (Å²) in [6.45, 7) is 5.68. The van der Waals surface area contributed by atoms with Crippen LogP contribution in [0.5, 0.6) is 0 Å². The minimum Gasteiger partial charge on any atom is -0.384 e. The van der Waals surface area contributed by atoms with E-state index in [9.17, 15) is 4.79 Å². The van der Waals surface area contributed by atoms with Crippen molar-refractivity contribution < 1.29 is 9.90 Å². The van der Waals surface area contributed by atoms with E-state index in [1.807, 2.05) is 30.0 Å². The Bertz CT molecular complexity index is 568. The highest BCUT2D eigenvalue weighted by molar-refractivity contribution is 5.96. The molecule has 1 atom stereocenters. The molecule has 1 aromatic rings. The average molecular weight is 285 g/mol. The molecule has 3 nitrogen and oxygen atoms in total. The lowest BCUT2D eigenvalue weighted by Gasteiger charge is -2.21. The largest absolute Gasteiger partial charge is 0.384 e. The third-order valence-corrected chi connectivity index (χ3v) is 4.01. The highest BCUT2D eigenvalue weighted by Gasteiger charge is 2.21. The maximum absolute atomic E-state index is 12.8. The zero-order valence-electron chi connectivity index (χ0n) is 12.9. The van der Waals surface area contributed by atoms with Gasteiger partial charge in [-0.1, -0.05) is 24.8 Å². The maximum atomic E-state index is 12.8. The zero-order valence-corrected chi connectivity index (χ0v) is 12.9. The summed E-state index contributed by atoms with van der Waals surface area (Å²) in [5.74, 6) is 6.30. The Morgan fingerprint density at radius 3 is 2.95 bits per heavy atom. The summed E-state index contributed by atoms with van der Waals surface area (Å²) in [5.41, 5.74) is 2.43. The van der Waals surface area contributed by atoms with Crippen molar-refractivity contribution in [1.82, 2.24) is 4.90 Å². The van der Waals surface area contributed by atoms with Gasteiger partial charge in [0, 0.05) is 18.7 Å². The van der Waals surface area contributed by atoms with Crippen molar-refractivity contribution in [3.05, 3.63) is 34.9 Å². The molecule has 1 amide bonds. The van der Waals surface area contributed by atoms with Crippen LogP contribution in [0, 0.1) is 24.7 Å². The van der Waals surface area contributed by atoms with Crippen LogP contribution in [0.2, 0.25) is 0 Å². The second-order valence-electron chi connectivity index (χ2n) is 5.84. The molecule has 112 valence electrons. The van der Waals surface area contributed by atoms with Gasteiger partial charge in [-0.3, -0.25) is 4.79 Å². The Hall–Kier alpha value is -1.79. The van der Waals surface area contributed by atoms with Crippen LogP contribution in [0.1, 0.15) is 47.7 Å². The van der Waals surface area contributed by atoms with E-state index >= 15 is 0 Å². The molecule has 0 radical (unpaired) electrons. The Morgan fingerprint density at radius 1 is 1.38 bits per heavy atom. The quantitative estimate of drug-likeness (QED) is 0.806. The van der Waals surface area contributed by atoms with Gasteiger partial charge >= 0.3 is 0 Å². The normalized spacial score (nSPS) is 18.6. The molecule has 0 aromatic heterocycles. The number of rotatable bonds is 1. The highest BCUT2D eigenvalue weighted by atomic mass is 16.2. The molecule has 1 saturated heterocycles. The minimum atomic E-state index is -0.192. The van der Waals surface area contributed by atoms with E-state index in [1.54, 1.807) is 0 Å². The molecular formula is C18H23NO2. The van der Waals surface area contributed by atoms with Crippen LogP contribution >= 0.6 is 0 Å². The Morgan fingerprint density at radius 2 is 2.19 bits per heavy atom. The predicted molar refractivity (Wildman–Crippen MR) is 84.1 cm³/mol. The summed E-state index contributed by atoms with van der Waals surface area (Å²) < 4.78 is 0. The van der Waals surface area contributed by atoms with Crippen LogP contribution in [0.15, 0.2) is 18.2 Å². The standard InChI is InChI=1S/C18H23NO2/c1-14-5-3-10-19(11-9-14)18(21)17-8-7-15(2)13-16(17)6-4-12-20/h7-8,13-14,20H,3,5,9-12H2,1-2H3. The summed E-state index contributed by atoms with van der Waals surface area (Å²) >= 11 is 0. The third kappa shape index (κ3) is 4.09. The van der Waals surface area contributed by atoms with Crippen LogP contribution in [-0.4, -0.2) is 35.6 Å². The molecule has 0 saturated carbocycles. The second-order valence-corrected chi connectivity index (χ2v) is 5.84. The number of aliphatic hydroxyl groups is 1. The first kappa shape index (κ1) is 15.6. The second kappa shape index (κ2) is 7.28. The van der Waals surface area contributed by atoms with Crippen LogP contribution in [0.25, 0.3) is 0 Å². The monoisotopic (exact) mass is 285 g/mol. The summed E-state index contributed by atoms with van der Waals surface area (Å²) in [7, 11) is 0.